The summed E-state index contributed by atoms with van der Waals surface area (Å²) in [7, 11) is -4.75. The Morgan fingerprint density at radius 2 is 1.77 bits per heavy atom. The van der Waals surface area contributed by atoms with Gasteiger partial charge < -0.3 is 4.90 Å². The van der Waals surface area contributed by atoms with Gasteiger partial charge in [0, 0.05) is 18.5 Å². The maximum absolute atomic E-state index is 12.9. The summed E-state index contributed by atoms with van der Waals surface area (Å²) in [6.45, 7) is 3.87. The average Bonchev–Trinajstić information content (AvgIpc) is 3.09. The second-order valence-corrected chi connectivity index (χ2v) is 9.52. The molecule has 0 saturated carbocycles. The van der Waals surface area contributed by atoms with E-state index in [9.17, 15) is 22.0 Å². The van der Waals surface area contributed by atoms with Crippen molar-refractivity contribution >= 4 is 15.9 Å². The molecule has 0 bridgehead atoms. The van der Waals surface area contributed by atoms with E-state index in [2.05, 4.69) is 4.72 Å². The minimum absolute atomic E-state index is 0.113. The minimum Gasteiger partial charge on any atom is -0.337 e. The van der Waals surface area contributed by atoms with Crippen molar-refractivity contribution in [3.05, 3.63) is 60.2 Å². The van der Waals surface area contributed by atoms with Crippen molar-refractivity contribution in [2.75, 3.05) is 6.54 Å². The molecule has 0 unspecified atom stereocenters. The zero-order valence-electron chi connectivity index (χ0n) is 17.0. The first-order chi connectivity index (χ1) is 14.2. The van der Waals surface area contributed by atoms with E-state index >= 15 is 0 Å². The molecular weight excluding hydrogens is 410 g/mol. The molecule has 1 aliphatic rings. The van der Waals surface area contributed by atoms with E-state index in [1.807, 2.05) is 54.6 Å². The van der Waals surface area contributed by atoms with Crippen LogP contribution in [0.3, 0.4) is 0 Å². The normalized spacial score (nSPS) is 19.6. The van der Waals surface area contributed by atoms with Gasteiger partial charge in [-0.05, 0) is 29.5 Å². The third-order valence-corrected chi connectivity index (χ3v) is 6.45. The third-order valence-electron chi connectivity index (χ3n) is 5.35. The average molecular weight is 437 g/mol. The number of nitrogens with zero attached hydrogens (tertiary/aromatic N) is 1. The maximum atomic E-state index is 12.9. The molecule has 2 aromatic rings. The number of hydrogen-bond donors (Lipinski definition) is 1. The first kappa shape index (κ1) is 22.4. The molecule has 162 valence electrons. The second-order valence-electron chi connectivity index (χ2n) is 7.84. The van der Waals surface area contributed by atoms with Crippen LogP contribution in [0.15, 0.2) is 54.6 Å². The van der Waals surface area contributed by atoms with Crippen molar-refractivity contribution < 1.29 is 22.0 Å². The van der Waals surface area contributed by atoms with Gasteiger partial charge in [0.25, 0.3) is 10.0 Å². The first-order valence-electron chi connectivity index (χ1n) is 9.93. The van der Waals surface area contributed by atoms with Crippen LogP contribution in [0.1, 0.15) is 25.8 Å². The molecule has 5 nitrogen and oxygen atoms in total. The highest BCUT2D eigenvalue weighted by atomic mass is 32.2. The number of rotatable bonds is 7. The van der Waals surface area contributed by atoms with Gasteiger partial charge in [0.15, 0.2) is 0 Å². The molecule has 2 atom stereocenters. The topological polar surface area (TPSA) is 66.5 Å². The standard InChI is InChI=1S/C22H26F2N2O3S/c1-15(2)21(27)26-12-11-19(25-30(28,29)22(23)24)20(26)14-16-7-6-10-18(13-16)17-8-4-3-5-9-17/h3-10,13,15,19-20,22,25H,11-12,14H2,1-2H3/t19-,20-/m0/s1. The first-order valence-corrected chi connectivity index (χ1v) is 11.5. The van der Waals surface area contributed by atoms with Gasteiger partial charge in [-0.2, -0.15) is 8.78 Å². The molecule has 1 heterocycles. The Morgan fingerprint density at radius 3 is 2.40 bits per heavy atom. The molecule has 0 radical (unpaired) electrons. The van der Waals surface area contributed by atoms with Crippen LogP contribution in [0, 0.1) is 5.92 Å². The van der Waals surface area contributed by atoms with Gasteiger partial charge in [-0.1, -0.05) is 68.4 Å². The van der Waals surface area contributed by atoms with E-state index in [0.29, 0.717) is 19.4 Å². The minimum atomic E-state index is -4.75. The Kier molecular flexibility index (Phi) is 6.88. The number of likely N-dealkylation sites (tertiary alicyclic amines) is 1. The van der Waals surface area contributed by atoms with Crippen LogP contribution in [0.4, 0.5) is 8.78 Å². The molecule has 0 spiro atoms. The lowest BCUT2D eigenvalue weighted by atomic mass is 9.96. The molecule has 1 aliphatic heterocycles. The number of nitrogens with one attached hydrogen (secondary N) is 1. The SMILES string of the molecule is CC(C)C(=O)N1CC[C@H](NS(=O)(=O)C(F)F)[C@@H]1Cc1cccc(-c2ccccc2)c1. The molecular formula is C22H26F2N2O3S. The van der Waals surface area contributed by atoms with Crippen molar-refractivity contribution in [1.29, 1.82) is 0 Å². The van der Waals surface area contributed by atoms with Gasteiger partial charge in [-0.25, -0.2) is 13.1 Å². The Labute approximate surface area is 176 Å². The Hall–Kier alpha value is -2.32. The largest absolute Gasteiger partial charge is 0.350 e. The molecule has 1 fully saturated rings. The summed E-state index contributed by atoms with van der Waals surface area (Å²) in [5.41, 5.74) is 2.94. The van der Waals surface area contributed by atoms with E-state index in [-0.39, 0.29) is 11.8 Å². The summed E-state index contributed by atoms with van der Waals surface area (Å²) >= 11 is 0. The molecule has 3 rings (SSSR count). The van der Waals surface area contributed by atoms with E-state index in [1.54, 1.807) is 18.7 Å². The molecule has 8 heteroatoms. The number of hydrogen-bond acceptors (Lipinski definition) is 3. The van der Waals surface area contributed by atoms with Crippen molar-refractivity contribution in [3.8, 4) is 11.1 Å². The number of alkyl halides is 2. The molecule has 1 saturated heterocycles. The van der Waals surface area contributed by atoms with Crippen LogP contribution in [0.2, 0.25) is 0 Å². The van der Waals surface area contributed by atoms with Crippen molar-refractivity contribution in [2.45, 2.75) is 44.5 Å². The van der Waals surface area contributed by atoms with Crippen LogP contribution < -0.4 is 4.72 Å². The molecule has 1 N–H and O–H groups in total. The third kappa shape index (κ3) is 5.05. The summed E-state index contributed by atoms with van der Waals surface area (Å²) in [5, 5.41) is 0. The Balaban J connectivity index is 1.89. The Bertz CT molecular complexity index is 981. The van der Waals surface area contributed by atoms with Gasteiger partial charge in [-0.15, -0.1) is 0 Å². The number of sulfonamides is 1. The van der Waals surface area contributed by atoms with Gasteiger partial charge in [0.05, 0.1) is 6.04 Å². The fourth-order valence-electron chi connectivity index (χ4n) is 3.86. The number of carbonyl (C=O) groups excluding carboxylic acids is 1. The summed E-state index contributed by atoms with van der Waals surface area (Å²) < 4.78 is 51.5. The zero-order chi connectivity index (χ0) is 21.9. The number of benzene rings is 2. The highest BCUT2D eigenvalue weighted by Gasteiger charge is 2.41. The smallest absolute Gasteiger partial charge is 0.337 e. The molecule has 30 heavy (non-hydrogen) atoms. The lowest BCUT2D eigenvalue weighted by Crippen LogP contribution is -2.49. The summed E-state index contributed by atoms with van der Waals surface area (Å²) in [5.74, 6) is -3.89. The molecule has 1 amide bonds. The van der Waals surface area contributed by atoms with E-state index in [4.69, 9.17) is 0 Å². The van der Waals surface area contributed by atoms with Crippen molar-refractivity contribution in [2.24, 2.45) is 5.92 Å². The maximum Gasteiger partial charge on any atom is 0.350 e. The zero-order valence-corrected chi connectivity index (χ0v) is 17.8. The lowest BCUT2D eigenvalue weighted by Gasteiger charge is -2.30. The second kappa shape index (κ2) is 9.22. The van der Waals surface area contributed by atoms with Crippen LogP contribution >= 0.6 is 0 Å². The number of carbonyl (C=O) groups is 1. The highest BCUT2D eigenvalue weighted by molar-refractivity contribution is 7.89. The lowest BCUT2D eigenvalue weighted by molar-refractivity contribution is -0.135. The fourth-order valence-corrected chi connectivity index (χ4v) is 4.66. The molecule has 2 aromatic carbocycles. The van der Waals surface area contributed by atoms with Crippen molar-refractivity contribution in [3.63, 3.8) is 0 Å². The van der Waals surface area contributed by atoms with Crippen LogP contribution in [0.25, 0.3) is 11.1 Å². The van der Waals surface area contributed by atoms with Gasteiger partial charge in [0.2, 0.25) is 5.91 Å². The van der Waals surface area contributed by atoms with Gasteiger partial charge >= 0.3 is 5.76 Å². The quantitative estimate of drug-likeness (QED) is 0.720. The predicted octanol–water partition coefficient (Wildman–Crippen LogP) is 3.66. The molecule has 0 aliphatic carbocycles. The highest BCUT2D eigenvalue weighted by Crippen LogP contribution is 2.27. The van der Waals surface area contributed by atoms with E-state index < -0.39 is 27.9 Å². The monoisotopic (exact) mass is 436 g/mol. The van der Waals surface area contributed by atoms with E-state index in [1.165, 1.54) is 0 Å². The Morgan fingerprint density at radius 1 is 1.10 bits per heavy atom. The summed E-state index contributed by atoms with van der Waals surface area (Å²) in [6, 6.07) is 16.3. The van der Waals surface area contributed by atoms with Crippen LogP contribution in [-0.4, -0.2) is 43.6 Å². The summed E-state index contributed by atoms with van der Waals surface area (Å²) in [6.07, 6.45) is 0.670. The van der Waals surface area contributed by atoms with E-state index in [0.717, 1.165) is 16.7 Å². The van der Waals surface area contributed by atoms with Crippen LogP contribution in [-0.2, 0) is 21.2 Å². The fraction of sp³-hybridized carbons (Fsp3) is 0.409. The van der Waals surface area contributed by atoms with Crippen molar-refractivity contribution in [1.82, 2.24) is 9.62 Å². The number of amides is 1. The number of halogens is 2. The van der Waals surface area contributed by atoms with Gasteiger partial charge in [-0.3, -0.25) is 4.79 Å². The predicted molar refractivity (Wildman–Crippen MR) is 112 cm³/mol. The molecule has 0 aromatic heterocycles. The summed E-state index contributed by atoms with van der Waals surface area (Å²) in [4.78, 5) is 14.3. The van der Waals surface area contributed by atoms with Crippen LogP contribution in [0.5, 0.6) is 0 Å². The van der Waals surface area contributed by atoms with Gasteiger partial charge in [0.1, 0.15) is 0 Å².